The maximum atomic E-state index is 5.42. The minimum absolute atomic E-state index is 0.562. The molecule has 0 aromatic carbocycles. The molecule has 5 nitrogen and oxygen atoms in total. The van der Waals surface area contributed by atoms with E-state index in [1.165, 1.54) is 5.56 Å². The molecule has 1 N–H and O–H groups in total. The predicted octanol–water partition coefficient (Wildman–Crippen LogP) is 0.531. The molecular weight excluding hydrogens is 216 g/mol. The van der Waals surface area contributed by atoms with Crippen molar-refractivity contribution in [2.24, 2.45) is 7.05 Å². The fraction of sp³-hybridized carbons (Fsp3) is 0.750. The van der Waals surface area contributed by atoms with Crippen LogP contribution in [-0.4, -0.2) is 47.5 Å². The van der Waals surface area contributed by atoms with Crippen molar-refractivity contribution < 1.29 is 4.74 Å². The van der Waals surface area contributed by atoms with E-state index in [9.17, 15) is 0 Å². The van der Waals surface area contributed by atoms with Crippen LogP contribution in [-0.2, 0) is 13.6 Å². The van der Waals surface area contributed by atoms with Crippen LogP contribution in [0.5, 0.6) is 5.88 Å². The third-order valence-corrected chi connectivity index (χ3v) is 3.32. The molecule has 0 spiro atoms. The molecule has 0 aliphatic carbocycles. The number of hydrogen-bond donors (Lipinski definition) is 1. The normalized spacial score (nSPS) is 21.8. The minimum Gasteiger partial charge on any atom is -0.481 e. The smallest absolute Gasteiger partial charge is 0.216 e. The molecule has 1 aromatic heterocycles. The van der Waals surface area contributed by atoms with Gasteiger partial charge in [0.1, 0.15) is 0 Å². The first kappa shape index (κ1) is 12.4. The van der Waals surface area contributed by atoms with Crippen molar-refractivity contribution in [1.82, 2.24) is 20.0 Å². The van der Waals surface area contributed by atoms with Crippen LogP contribution >= 0.6 is 0 Å². The highest BCUT2D eigenvalue weighted by Crippen LogP contribution is 2.23. The summed E-state index contributed by atoms with van der Waals surface area (Å²) >= 11 is 0. The Morgan fingerprint density at radius 2 is 2.29 bits per heavy atom. The lowest BCUT2D eigenvalue weighted by Crippen LogP contribution is -2.48. The number of piperazine rings is 1. The second-order valence-electron chi connectivity index (χ2n) is 4.79. The molecule has 2 rings (SSSR count). The number of aryl methyl sites for hydroxylation is 2. The number of ether oxygens (including phenoxy) is 1. The van der Waals surface area contributed by atoms with Crippen molar-refractivity contribution in [3.8, 4) is 5.88 Å². The number of methoxy groups -OCH3 is 1. The van der Waals surface area contributed by atoms with Crippen LogP contribution in [0.3, 0.4) is 0 Å². The summed E-state index contributed by atoms with van der Waals surface area (Å²) in [5.74, 6) is 0.883. The van der Waals surface area contributed by atoms with E-state index in [0.29, 0.717) is 6.04 Å². The number of nitrogens with one attached hydrogen (secondary N) is 1. The van der Waals surface area contributed by atoms with Crippen LogP contribution < -0.4 is 10.1 Å². The van der Waals surface area contributed by atoms with Gasteiger partial charge in [0.15, 0.2) is 0 Å². The topological polar surface area (TPSA) is 42.3 Å². The SMILES string of the molecule is COc1c(CN2CCN[C@@H](C)C2)c(C)nn1C. The monoisotopic (exact) mass is 238 g/mol. The zero-order valence-corrected chi connectivity index (χ0v) is 11.2. The van der Waals surface area contributed by atoms with E-state index in [2.05, 4.69) is 22.2 Å². The summed E-state index contributed by atoms with van der Waals surface area (Å²) < 4.78 is 7.24. The summed E-state index contributed by atoms with van der Waals surface area (Å²) in [7, 11) is 3.63. The van der Waals surface area contributed by atoms with E-state index in [-0.39, 0.29) is 0 Å². The molecule has 1 aromatic rings. The molecule has 1 saturated heterocycles. The first-order valence-electron chi connectivity index (χ1n) is 6.14. The van der Waals surface area contributed by atoms with Gasteiger partial charge < -0.3 is 10.1 Å². The van der Waals surface area contributed by atoms with Crippen LogP contribution in [0.1, 0.15) is 18.2 Å². The number of rotatable bonds is 3. The van der Waals surface area contributed by atoms with Gasteiger partial charge in [-0.1, -0.05) is 0 Å². The molecule has 0 bridgehead atoms. The standard InChI is InChI=1S/C12H22N4O/c1-9-7-16(6-5-13-9)8-11-10(2)14-15(3)12(11)17-4/h9,13H,5-8H2,1-4H3/t9-/m0/s1. The van der Waals surface area contributed by atoms with Gasteiger partial charge in [0.05, 0.1) is 18.4 Å². The zero-order valence-electron chi connectivity index (χ0n) is 11.2. The van der Waals surface area contributed by atoms with Gasteiger partial charge in [0.25, 0.3) is 0 Å². The molecule has 1 atom stereocenters. The van der Waals surface area contributed by atoms with Crippen molar-refractivity contribution in [3.63, 3.8) is 0 Å². The first-order valence-corrected chi connectivity index (χ1v) is 6.14. The molecule has 0 amide bonds. The second-order valence-corrected chi connectivity index (χ2v) is 4.79. The highest BCUT2D eigenvalue weighted by molar-refractivity contribution is 5.30. The molecule has 2 heterocycles. The third-order valence-electron chi connectivity index (χ3n) is 3.32. The second kappa shape index (κ2) is 5.06. The van der Waals surface area contributed by atoms with Crippen molar-refractivity contribution in [3.05, 3.63) is 11.3 Å². The lowest BCUT2D eigenvalue weighted by atomic mass is 10.2. The summed E-state index contributed by atoms with van der Waals surface area (Å²) in [6.45, 7) is 8.42. The maximum absolute atomic E-state index is 5.42. The zero-order chi connectivity index (χ0) is 12.4. The Bertz CT molecular complexity index is 388. The minimum atomic E-state index is 0.562. The van der Waals surface area contributed by atoms with E-state index in [1.807, 2.05) is 18.7 Å². The van der Waals surface area contributed by atoms with Gasteiger partial charge in [0, 0.05) is 39.3 Å². The van der Waals surface area contributed by atoms with Gasteiger partial charge >= 0.3 is 0 Å². The quantitative estimate of drug-likeness (QED) is 0.834. The number of hydrogen-bond acceptors (Lipinski definition) is 4. The summed E-state index contributed by atoms with van der Waals surface area (Å²) in [6, 6.07) is 0.562. The van der Waals surface area contributed by atoms with Crippen molar-refractivity contribution in [1.29, 1.82) is 0 Å². The van der Waals surface area contributed by atoms with E-state index in [4.69, 9.17) is 4.74 Å². The summed E-state index contributed by atoms with van der Waals surface area (Å²) in [4.78, 5) is 2.45. The Morgan fingerprint density at radius 3 is 2.94 bits per heavy atom. The van der Waals surface area contributed by atoms with Gasteiger partial charge in [-0.2, -0.15) is 5.10 Å². The number of aromatic nitrogens is 2. The summed E-state index contributed by atoms with van der Waals surface area (Å²) in [5.41, 5.74) is 2.28. The Morgan fingerprint density at radius 1 is 1.53 bits per heavy atom. The van der Waals surface area contributed by atoms with Crippen LogP contribution in [0.15, 0.2) is 0 Å². The molecule has 1 aliphatic rings. The van der Waals surface area contributed by atoms with E-state index >= 15 is 0 Å². The Balaban J connectivity index is 2.12. The highest BCUT2D eigenvalue weighted by atomic mass is 16.5. The Kier molecular flexibility index (Phi) is 3.69. The van der Waals surface area contributed by atoms with E-state index < -0.39 is 0 Å². The van der Waals surface area contributed by atoms with Crippen LogP contribution in [0.25, 0.3) is 0 Å². The lowest BCUT2D eigenvalue weighted by Gasteiger charge is -2.31. The first-order chi connectivity index (χ1) is 8.11. The maximum Gasteiger partial charge on any atom is 0.216 e. The molecule has 17 heavy (non-hydrogen) atoms. The fourth-order valence-electron chi connectivity index (χ4n) is 2.50. The van der Waals surface area contributed by atoms with Crippen molar-refractivity contribution in [2.75, 3.05) is 26.7 Å². The van der Waals surface area contributed by atoms with Crippen LogP contribution in [0.4, 0.5) is 0 Å². The number of nitrogens with zero attached hydrogens (tertiary/aromatic N) is 3. The summed E-state index contributed by atoms with van der Waals surface area (Å²) in [6.07, 6.45) is 0. The lowest BCUT2D eigenvalue weighted by molar-refractivity contribution is 0.197. The van der Waals surface area contributed by atoms with Gasteiger partial charge in [-0.3, -0.25) is 4.90 Å². The van der Waals surface area contributed by atoms with E-state index in [0.717, 1.165) is 37.8 Å². The van der Waals surface area contributed by atoms with Gasteiger partial charge in [-0.05, 0) is 13.8 Å². The summed E-state index contributed by atoms with van der Waals surface area (Å²) in [5, 5.41) is 7.87. The van der Waals surface area contributed by atoms with Gasteiger partial charge in [0.2, 0.25) is 5.88 Å². The van der Waals surface area contributed by atoms with Gasteiger partial charge in [-0.25, -0.2) is 4.68 Å². The molecule has 0 radical (unpaired) electrons. The predicted molar refractivity (Wildman–Crippen MR) is 67.2 cm³/mol. The van der Waals surface area contributed by atoms with Gasteiger partial charge in [-0.15, -0.1) is 0 Å². The molecule has 0 saturated carbocycles. The fourth-order valence-corrected chi connectivity index (χ4v) is 2.50. The van der Waals surface area contributed by atoms with Crippen LogP contribution in [0, 0.1) is 6.92 Å². The molecule has 1 fully saturated rings. The molecular formula is C12H22N4O. The molecule has 1 aliphatic heterocycles. The Hall–Kier alpha value is -1.07. The average Bonchev–Trinajstić information content (AvgIpc) is 2.53. The average molecular weight is 238 g/mol. The third kappa shape index (κ3) is 2.61. The highest BCUT2D eigenvalue weighted by Gasteiger charge is 2.20. The molecule has 5 heteroatoms. The van der Waals surface area contributed by atoms with E-state index in [1.54, 1.807) is 7.11 Å². The van der Waals surface area contributed by atoms with Crippen molar-refractivity contribution >= 4 is 0 Å². The largest absolute Gasteiger partial charge is 0.481 e. The Labute approximate surface area is 103 Å². The molecule has 0 unspecified atom stereocenters. The molecule has 96 valence electrons. The van der Waals surface area contributed by atoms with Crippen molar-refractivity contribution in [2.45, 2.75) is 26.4 Å². The van der Waals surface area contributed by atoms with Crippen LogP contribution in [0.2, 0.25) is 0 Å².